The topological polar surface area (TPSA) is 49.3 Å². The summed E-state index contributed by atoms with van der Waals surface area (Å²) in [6.07, 6.45) is 0. The zero-order valence-electron chi connectivity index (χ0n) is 11.7. The summed E-state index contributed by atoms with van der Waals surface area (Å²) in [6.45, 7) is 0. The fraction of sp³-hybridized carbons (Fsp3) is 0.0556. The minimum Gasteiger partial charge on any atom is -0.289 e. The Morgan fingerprint density at radius 1 is 0.955 bits per heavy atom. The first kappa shape index (κ1) is 14.2. The first-order valence-corrected chi connectivity index (χ1v) is 6.88. The van der Waals surface area contributed by atoms with Gasteiger partial charge in [0.05, 0.1) is 5.92 Å². The van der Waals surface area contributed by atoms with Crippen LogP contribution in [0, 0.1) is 5.82 Å². The smallest absolute Gasteiger partial charge is 0.255 e. The molecule has 0 bridgehead atoms. The fourth-order valence-corrected chi connectivity index (χ4v) is 2.69. The molecule has 0 aliphatic carbocycles. The number of nitrogens with one attached hydrogen (secondary N) is 1. The largest absolute Gasteiger partial charge is 0.289 e. The van der Waals surface area contributed by atoms with Crippen LogP contribution in [0.2, 0.25) is 0 Å². The summed E-state index contributed by atoms with van der Waals surface area (Å²) in [6, 6.07) is 19.1. The molecule has 110 valence electrons. The van der Waals surface area contributed by atoms with E-state index >= 15 is 0 Å². The van der Waals surface area contributed by atoms with Crippen LogP contribution in [-0.2, 0) is 4.79 Å². The van der Waals surface area contributed by atoms with Crippen LogP contribution in [0.5, 0.6) is 0 Å². The second kappa shape index (κ2) is 5.95. The molecule has 0 aliphatic heterocycles. The Hall–Kier alpha value is -2.72. The van der Waals surface area contributed by atoms with Crippen LogP contribution in [0.15, 0.2) is 66.7 Å². The number of halogens is 1. The molecule has 0 heterocycles. The van der Waals surface area contributed by atoms with Crippen molar-refractivity contribution in [2.75, 3.05) is 0 Å². The molecule has 0 fully saturated rings. The second-order valence-corrected chi connectivity index (χ2v) is 5.03. The van der Waals surface area contributed by atoms with E-state index in [9.17, 15) is 9.18 Å². The molecule has 0 radical (unpaired) electrons. The highest BCUT2D eigenvalue weighted by molar-refractivity contribution is 5.94. The third-order valence-corrected chi connectivity index (χ3v) is 3.71. The number of hydroxylamine groups is 1. The van der Waals surface area contributed by atoms with E-state index in [1.165, 1.54) is 12.1 Å². The molecule has 3 nitrogen and oxygen atoms in total. The van der Waals surface area contributed by atoms with Gasteiger partial charge in [-0.25, -0.2) is 9.87 Å². The van der Waals surface area contributed by atoms with Crippen molar-refractivity contribution in [2.24, 2.45) is 0 Å². The number of hydrogen-bond acceptors (Lipinski definition) is 2. The molecule has 0 saturated heterocycles. The Morgan fingerprint density at radius 3 is 2.36 bits per heavy atom. The summed E-state index contributed by atoms with van der Waals surface area (Å²) in [5.74, 6) is -1.63. The number of benzene rings is 3. The minimum atomic E-state index is -0.711. The Bertz CT molecular complexity index is 809. The molecule has 0 spiro atoms. The fourth-order valence-electron chi connectivity index (χ4n) is 2.69. The molecule has 3 rings (SSSR count). The van der Waals surface area contributed by atoms with E-state index in [1.54, 1.807) is 17.6 Å². The first-order valence-electron chi connectivity index (χ1n) is 6.88. The van der Waals surface area contributed by atoms with Crippen LogP contribution in [0.1, 0.15) is 17.0 Å². The van der Waals surface area contributed by atoms with Gasteiger partial charge >= 0.3 is 0 Å². The molecule has 0 aliphatic rings. The maximum Gasteiger partial charge on any atom is 0.255 e. The highest BCUT2D eigenvalue weighted by atomic mass is 19.1. The van der Waals surface area contributed by atoms with Gasteiger partial charge in [0.2, 0.25) is 0 Å². The molecule has 3 aromatic carbocycles. The zero-order chi connectivity index (χ0) is 15.5. The van der Waals surface area contributed by atoms with Crippen molar-refractivity contribution in [3.63, 3.8) is 0 Å². The van der Waals surface area contributed by atoms with Crippen LogP contribution < -0.4 is 5.48 Å². The molecule has 0 saturated carbocycles. The lowest BCUT2D eigenvalue weighted by molar-refractivity contribution is -0.129. The Labute approximate surface area is 127 Å². The van der Waals surface area contributed by atoms with Crippen molar-refractivity contribution in [3.8, 4) is 0 Å². The predicted molar refractivity (Wildman–Crippen MR) is 82.1 cm³/mol. The standard InChI is InChI=1S/C18H14FNO2/c19-14-10-8-13(9-11-14)17(18(21)20-22)16-7-3-5-12-4-1-2-6-15(12)16/h1-11,17,22H,(H,20,21). The first-order chi connectivity index (χ1) is 10.7. The van der Waals surface area contributed by atoms with Crippen molar-refractivity contribution >= 4 is 16.7 Å². The van der Waals surface area contributed by atoms with Gasteiger partial charge in [-0.2, -0.15) is 0 Å². The molecule has 1 atom stereocenters. The molecule has 3 aromatic rings. The van der Waals surface area contributed by atoms with Gasteiger partial charge in [-0.3, -0.25) is 10.0 Å². The maximum atomic E-state index is 13.1. The van der Waals surface area contributed by atoms with Gasteiger partial charge in [-0.15, -0.1) is 0 Å². The van der Waals surface area contributed by atoms with E-state index in [0.717, 1.165) is 16.3 Å². The molecular weight excluding hydrogens is 281 g/mol. The number of amides is 1. The van der Waals surface area contributed by atoms with Gasteiger partial charge in [-0.1, -0.05) is 54.6 Å². The molecule has 22 heavy (non-hydrogen) atoms. The minimum absolute atomic E-state index is 0.371. The average Bonchev–Trinajstić information content (AvgIpc) is 2.57. The van der Waals surface area contributed by atoms with Gasteiger partial charge in [-0.05, 0) is 34.0 Å². The Morgan fingerprint density at radius 2 is 1.64 bits per heavy atom. The third-order valence-electron chi connectivity index (χ3n) is 3.71. The SMILES string of the molecule is O=C(NO)C(c1ccc(F)cc1)c1cccc2ccccc12. The lowest BCUT2D eigenvalue weighted by Crippen LogP contribution is -2.27. The molecule has 2 N–H and O–H groups in total. The second-order valence-electron chi connectivity index (χ2n) is 5.03. The molecule has 1 amide bonds. The summed E-state index contributed by atoms with van der Waals surface area (Å²) >= 11 is 0. The normalized spacial score (nSPS) is 12.1. The number of carbonyl (C=O) groups excluding carboxylic acids is 1. The van der Waals surface area contributed by atoms with E-state index in [-0.39, 0.29) is 5.82 Å². The summed E-state index contributed by atoms with van der Waals surface area (Å²) in [5, 5.41) is 11.0. The van der Waals surface area contributed by atoms with Crippen molar-refractivity contribution in [1.82, 2.24) is 5.48 Å². The average molecular weight is 295 g/mol. The molecule has 4 heteroatoms. The highest BCUT2D eigenvalue weighted by Crippen LogP contribution is 2.31. The Kier molecular flexibility index (Phi) is 3.85. The summed E-state index contributed by atoms with van der Waals surface area (Å²) in [5.41, 5.74) is 3.08. The van der Waals surface area contributed by atoms with Crippen LogP contribution in [-0.4, -0.2) is 11.1 Å². The van der Waals surface area contributed by atoms with Crippen molar-refractivity contribution in [3.05, 3.63) is 83.7 Å². The summed E-state index contributed by atoms with van der Waals surface area (Å²) in [7, 11) is 0. The van der Waals surface area contributed by atoms with Crippen LogP contribution in [0.25, 0.3) is 10.8 Å². The van der Waals surface area contributed by atoms with Crippen molar-refractivity contribution in [2.45, 2.75) is 5.92 Å². The van der Waals surface area contributed by atoms with Crippen LogP contribution in [0.4, 0.5) is 4.39 Å². The van der Waals surface area contributed by atoms with Gasteiger partial charge in [0.1, 0.15) is 5.82 Å². The van der Waals surface area contributed by atoms with Gasteiger partial charge in [0.25, 0.3) is 5.91 Å². The highest BCUT2D eigenvalue weighted by Gasteiger charge is 2.24. The van der Waals surface area contributed by atoms with Gasteiger partial charge in [0.15, 0.2) is 0 Å². The number of fused-ring (bicyclic) bond motifs is 1. The molecule has 1 unspecified atom stereocenters. The lowest BCUT2D eigenvalue weighted by Gasteiger charge is -2.18. The quantitative estimate of drug-likeness (QED) is 0.573. The van der Waals surface area contributed by atoms with E-state index < -0.39 is 11.8 Å². The molecular formula is C18H14FNO2. The van der Waals surface area contributed by atoms with E-state index in [0.29, 0.717) is 5.56 Å². The maximum absolute atomic E-state index is 13.1. The van der Waals surface area contributed by atoms with E-state index in [1.807, 2.05) is 42.5 Å². The molecule has 0 aromatic heterocycles. The number of hydrogen-bond donors (Lipinski definition) is 2. The van der Waals surface area contributed by atoms with Crippen LogP contribution in [0.3, 0.4) is 0 Å². The monoisotopic (exact) mass is 295 g/mol. The van der Waals surface area contributed by atoms with Gasteiger partial charge in [0, 0.05) is 0 Å². The summed E-state index contributed by atoms with van der Waals surface area (Å²) in [4.78, 5) is 12.2. The number of carbonyl (C=O) groups is 1. The van der Waals surface area contributed by atoms with E-state index in [4.69, 9.17) is 5.21 Å². The lowest BCUT2D eigenvalue weighted by atomic mass is 9.87. The zero-order valence-corrected chi connectivity index (χ0v) is 11.7. The number of rotatable bonds is 3. The van der Waals surface area contributed by atoms with E-state index in [2.05, 4.69) is 0 Å². The van der Waals surface area contributed by atoms with Crippen LogP contribution >= 0.6 is 0 Å². The summed E-state index contributed by atoms with van der Waals surface area (Å²) < 4.78 is 13.1. The predicted octanol–water partition coefficient (Wildman–Crippen LogP) is 3.62. The van der Waals surface area contributed by atoms with Crippen molar-refractivity contribution < 1.29 is 14.4 Å². The van der Waals surface area contributed by atoms with Crippen molar-refractivity contribution in [1.29, 1.82) is 0 Å². The van der Waals surface area contributed by atoms with Gasteiger partial charge < -0.3 is 0 Å². The third kappa shape index (κ3) is 2.56. The Balaban J connectivity index is 2.20.